The van der Waals surface area contributed by atoms with Crippen molar-refractivity contribution in [2.24, 2.45) is 5.41 Å². The summed E-state index contributed by atoms with van der Waals surface area (Å²) in [6.07, 6.45) is 1.26. The first kappa shape index (κ1) is 19.8. The maximum Gasteiger partial charge on any atom is 0.226 e. The van der Waals surface area contributed by atoms with E-state index in [9.17, 15) is 4.79 Å². The minimum Gasteiger partial charge on any atom is -0.497 e. The molecule has 0 bridgehead atoms. The molecule has 0 saturated carbocycles. The molecule has 2 aromatic carbocycles. The van der Waals surface area contributed by atoms with E-state index < -0.39 is 0 Å². The SMILES string of the molecule is COc1cccc(C2C3=C(CC(C)(C)CC3=O)Nc3nc(-c4ccccc4Cl)nn32)c1. The lowest BCUT2D eigenvalue weighted by Crippen LogP contribution is -2.36. The Kier molecular flexibility index (Phi) is 4.63. The maximum atomic E-state index is 13.3. The summed E-state index contributed by atoms with van der Waals surface area (Å²) in [5.74, 6) is 1.99. The van der Waals surface area contributed by atoms with Gasteiger partial charge in [0.25, 0.3) is 0 Å². The second kappa shape index (κ2) is 7.24. The molecule has 31 heavy (non-hydrogen) atoms. The third-order valence-corrected chi connectivity index (χ3v) is 6.19. The number of hydrogen-bond donors (Lipinski definition) is 1. The van der Waals surface area contributed by atoms with Crippen molar-refractivity contribution >= 4 is 23.3 Å². The van der Waals surface area contributed by atoms with Crippen LogP contribution >= 0.6 is 11.6 Å². The van der Waals surface area contributed by atoms with E-state index in [2.05, 4.69) is 19.2 Å². The number of nitrogens with one attached hydrogen (secondary N) is 1. The smallest absolute Gasteiger partial charge is 0.226 e. The van der Waals surface area contributed by atoms with Gasteiger partial charge < -0.3 is 10.1 Å². The molecule has 1 aliphatic carbocycles. The van der Waals surface area contributed by atoms with Crippen molar-refractivity contribution in [3.63, 3.8) is 0 Å². The van der Waals surface area contributed by atoms with E-state index in [0.717, 1.165) is 34.6 Å². The number of ether oxygens (including phenoxy) is 1. The predicted molar refractivity (Wildman–Crippen MR) is 120 cm³/mol. The van der Waals surface area contributed by atoms with Crippen molar-refractivity contribution in [3.05, 3.63) is 70.4 Å². The highest BCUT2D eigenvalue weighted by Crippen LogP contribution is 2.46. The minimum absolute atomic E-state index is 0.115. The van der Waals surface area contributed by atoms with E-state index in [1.54, 1.807) is 11.8 Å². The van der Waals surface area contributed by atoms with Crippen LogP contribution < -0.4 is 10.1 Å². The third-order valence-electron chi connectivity index (χ3n) is 5.86. The molecule has 0 radical (unpaired) electrons. The maximum absolute atomic E-state index is 13.3. The quantitative estimate of drug-likeness (QED) is 0.608. The highest BCUT2D eigenvalue weighted by Gasteiger charge is 2.42. The molecule has 1 aromatic heterocycles. The number of Topliss-reactive ketones (excluding diaryl/α,β-unsaturated/α-hetero) is 1. The highest BCUT2D eigenvalue weighted by atomic mass is 35.5. The van der Waals surface area contributed by atoms with Gasteiger partial charge in [-0.3, -0.25) is 4.79 Å². The van der Waals surface area contributed by atoms with E-state index in [1.165, 1.54) is 0 Å². The van der Waals surface area contributed by atoms with Gasteiger partial charge in [-0.05, 0) is 41.7 Å². The number of rotatable bonds is 3. The van der Waals surface area contributed by atoms with Gasteiger partial charge in [-0.15, -0.1) is 5.10 Å². The zero-order valence-electron chi connectivity index (χ0n) is 17.6. The Morgan fingerprint density at radius 2 is 1.97 bits per heavy atom. The first-order valence-corrected chi connectivity index (χ1v) is 10.6. The van der Waals surface area contributed by atoms with Crippen LogP contribution in [-0.2, 0) is 4.79 Å². The van der Waals surface area contributed by atoms with Crippen molar-refractivity contribution in [1.82, 2.24) is 14.8 Å². The number of anilines is 1. The number of allylic oxidation sites excluding steroid dienone is 2. The van der Waals surface area contributed by atoms with Crippen LogP contribution in [0.15, 0.2) is 59.8 Å². The van der Waals surface area contributed by atoms with Crippen LogP contribution in [0.1, 0.15) is 38.3 Å². The van der Waals surface area contributed by atoms with Crippen LogP contribution in [0.3, 0.4) is 0 Å². The lowest BCUT2D eigenvalue weighted by molar-refractivity contribution is -0.118. The predicted octanol–water partition coefficient (Wildman–Crippen LogP) is 5.27. The fourth-order valence-corrected chi connectivity index (χ4v) is 4.71. The molecule has 1 atom stereocenters. The lowest BCUT2D eigenvalue weighted by Gasteiger charge is -2.38. The average Bonchev–Trinajstić information content (AvgIpc) is 3.15. The highest BCUT2D eigenvalue weighted by molar-refractivity contribution is 6.33. The second-order valence-corrected chi connectivity index (χ2v) is 9.23. The summed E-state index contributed by atoms with van der Waals surface area (Å²) in [6, 6.07) is 14.9. The number of hydrogen-bond acceptors (Lipinski definition) is 5. The van der Waals surface area contributed by atoms with E-state index in [4.69, 9.17) is 26.4 Å². The van der Waals surface area contributed by atoms with Gasteiger partial charge in [0.15, 0.2) is 11.6 Å². The van der Waals surface area contributed by atoms with Crippen molar-refractivity contribution in [1.29, 1.82) is 0 Å². The molecule has 1 unspecified atom stereocenters. The average molecular weight is 435 g/mol. The van der Waals surface area contributed by atoms with Gasteiger partial charge in [-0.25, -0.2) is 4.68 Å². The first-order valence-electron chi connectivity index (χ1n) is 10.2. The van der Waals surface area contributed by atoms with Gasteiger partial charge in [-0.1, -0.05) is 49.7 Å². The molecule has 2 heterocycles. The zero-order chi connectivity index (χ0) is 21.8. The molecule has 0 saturated heterocycles. The van der Waals surface area contributed by atoms with Crippen molar-refractivity contribution in [2.75, 3.05) is 12.4 Å². The molecule has 7 heteroatoms. The van der Waals surface area contributed by atoms with E-state index in [0.29, 0.717) is 23.2 Å². The molecule has 2 aliphatic rings. The Labute approximate surface area is 185 Å². The van der Waals surface area contributed by atoms with Crippen LogP contribution in [0, 0.1) is 5.41 Å². The van der Waals surface area contributed by atoms with Crippen LogP contribution in [0.2, 0.25) is 5.02 Å². The Morgan fingerprint density at radius 3 is 2.74 bits per heavy atom. The van der Waals surface area contributed by atoms with E-state index in [1.807, 2.05) is 48.5 Å². The molecule has 6 nitrogen and oxygen atoms in total. The molecular formula is C24H23ClN4O2. The summed E-state index contributed by atoms with van der Waals surface area (Å²) < 4.78 is 7.23. The summed E-state index contributed by atoms with van der Waals surface area (Å²) in [5.41, 5.74) is 3.23. The van der Waals surface area contributed by atoms with Crippen LogP contribution in [0.5, 0.6) is 5.75 Å². The van der Waals surface area contributed by atoms with E-state index in [-0.39, 0.29) is 17.2 Å². The van der Waals surface area contributed by atoms with Crippen molar-refractivity contribution in [3.8, 4) is 17.1 Å². The number of carbonyl (C=O) groups is 1. The molecule has 5 rings (SSSR count). The number of carbonyl (C=O) groups excluding carboxylic acids is 1. The van der Waals surface area contributed by atoms with Gasteiger partial charge in [-0.2, -0.15) is 4.98 Å². The van der Waals surface area contributed by atoms with Gasteiger partial charge in [0.05, 0.1) is 12.1 Å². The fraction of sp³-hybridized carbons (Fsp3) is 0.292. The Hall–Kier alpha value is -3.12. The number of aromatic nitrogens is 3. The van der Waals surface area contributed by atoms with Gasteiger partial charge >= 0.3 is 0 Å². The molecule has 1 N–H and O–H groups in total. The summed E-state index contributed by atoms with van der Waals surface area (Å²) in [5, 5.41) is 8.77. The van der Waals surface area contributed by atoms with Gasteiger partial charge in [0.1, 0.15) is 11.8 Å². The third kappa shape index (κ3) is 3.41. The van der Waals surface area contributed by atoms with Crippen LogP contribution in [-0.4, -0.2) is 27.7 Å². The van der Waals surface area contributed by atoms with E-state index >= 15 is 0 Å². The number of nitrogens with zero attached hydrogens (tertiary/aromatic N) is 3. The van der Waals surface area contributed by atoms with Crippen molar-refractivity contribution < 1.29 is 9.53 Å². The first-order chi connectivity index (χ1) is 14.9. The fourth-order valence-electron chi connectivity index (χ4n) is 4.49. The summed E-state index contributed by atoms with van der Waals surface area (Å²) in [4.78, 5) is 18.1. The number of benzene rings is 2. The molecule has 158 valence electrons. The number of fused-ring (bicyclic) bond motifs is 1. The lowest BCUT2D eigenvalue weighted by atomic mass is 9.73. The normalized spacial score (nSPS) is 19.5. The summed E-state index contributed by atoms with van der Waals surface area (Å²) >= 11 is 6.41. The number of methoxy groups -OCH3 is 1. The minimum atomic E-state index is -0.381. The molecular weight excluding hydrogens is 412 g/mol. The summed E-state index contributed by atoms with van der Waals surface area (Å²) in [6.45, 7) is 4.23. The zero-order valence-corrected chi connectivity index (χ0v) is 18.4. The number of halogens is 1. The molecule has 0 spiro atoms. The topological polar surface area (TPSA) is 69.0 Å². The molecule has 0 fully saturated rings. The summed E-state index contributed by atoms with van der Waals surface area (Å²) in [7, 11) is 1.64. The molecule has 3 aromatic rings. The van der Waals surface area contributed by atoms with Crippen LogP contribution in [0.25, 0.3) is 11.4 Å². The van der Waals surface area contributed by atoms with Gasteiger partial charge in [0.2, 0.25) is 5.95 Å². The largest absolute Gasteiger partial charge is 0.497 e. The standard InChI is InChI=1S/C24H23ClN4O2/c1-24(2)12-18-20(19(30)13-24)21(14-7-6-8-15(11-14)31-3)29-23(26-18)27-22(28-29)16-9-4-5-10-17(16)25/h4-11,21H,12-13H2,1-3H3,(H,26,27,28). The molecule has 1 aliphatic heterocycles. The monoisotopic (exact) mass is 434 g/mol. The van der Waals surface area contributed by atoms with Crippen LogP contribution in [0.4, 0.5) is 5.95 Å². The second-order valence-electron chi connectivity index (χ2n) is 8.82. The Balaban J connectivity index is 1.70. The van der Waals surface area contributed by atoms with Gasteiger partial charge in [0, 0.05) is 23.3 Å². The molecule has 0 amide bonds. The Bertz CT molecular complexity index is 1230. The number of ketones is 1. The van der Waals surface area contributed by atoms with Crippen molar-refractivity contribution in [2.45, 2.75) is 32.7 Å². The Morgan fingerprint density at radius 1 is 1.16 bits per heavy atom.